The van der Waals surface area contributed by atoms with Gasteiger partial charge in [0.1, 0.15) is 0 Å². The molecule has 3 aromatic rings. The van der Waals surface area contributed by atoms with Crippen LogP contribution in [-0.4, -0.2) is 15.4 Å². The lowest BCUT2D eigenvalue weighted by Gasteiger charge is -2.04. The van der Waals surface area contributed by atoms with Crippen LogP contribution in [0.25, 0.3) is 10.2 Å². The summed E-state index contributed by atoms with van der Waals surface area (Å²) in [5.74, 6) is -0.508. The number of aryl methyl sites for hydroxylation is 2. The molecular weight excluding hydrogens is 350 g/mol. The number of nitro benzene ring substituents is 1. The minimum atomic E-state index is -0.528. The van der Waals surface area contributed by atoms with Gasteiger partial charge in [0.25, 0.3) is 11.6 Å². The molecule has 3 rings (SSSR count). The van der Waals surface area contributed by atoms with Gasteiger partial charge in [-0.25, -0.2) is 0 Å². The quantitative estimate of drug-likeness (QED) is 0.395. The van der Waals surface area contributed by atoms with E-state index in [1.54, 1.807) is 6.08 Å². The molecule has 0 bridgehead atoms. The number of nitrogens with zero attached hydrogens (tertiary/aromatic N) is 3. The summed E-state index contributed by atoms with van der Waals surface area (Å²) in [7, 11) is 0. The Labute approximate surface area is 153 Å². The molecule has 1 amide bonds. The first-order valence-corrected chi connectivity index (χ1v) is 8.77. The van der Waals surface area contributed by atoms with E-state index in [-0.39, 0.29) is 11.3 Å². The van der Waals surface area contributed by atoms with Crippen molar-refractivity contribution in [3.05, 3.63) is 80.7 Å². The van der Waals surface area contributed by atoms with E-state index in [2.05, 4.69) is 23.7 Å². The van der Waals surface area contributed by atoms with Crippen molar-refractivity contribution in [2.45, 2.75) is 20.4 Å². The first-order chi connectivity index (χ1) is 12.4. The second-order valence-electron chi connectivity index (χ2n) is 5.91. The third kappa shape index (κ3) is 3.34. The Morgan fingerprint density at radius 3 is 2.73 bits per heavy atom. The number of thiazole rings is 1. The summed E-state index contributed by atoms with van der Waals surface area (Å²) in [6, 6.07) is 9.74. The number of carbonyl (C=O) groups is 1. The predicted molar refractivity (Wildman–Crippen MR) is 102 cm³/mol. The molecule has 0 aliphatic rings. The monoisotopic (exact) mass is 367 g/mol. The Morgan fingerprint density at radius 2 is 2.04 bits per heavy atom. The van der Waals surface area contributed by atoms with Gasteiger partial charge in [-0.15, -0.1) is 6.58 Å². The van der Waals surface area contributed by atoms with Crippen LogP contribution >= 0.6 is 11.3 Å². The van der Waals surface area contributed by atoms with Crippen molar-refractivity contribution in [2.24, 2.45) is 4.99 Å². The fraction of sp³-hybridized carbons (Fsp3) is 0.158. The van der Waals surface area contributed by atoms with Crippen LogP contribution in [0, 0.1) is 24.0 Å². The fourth-order valence-corrected chi connectivity index (χ4v) is 3.73. The van der Waals surface area contributed by atoms with Gasteiger partial charge < -0.3 is 4.57 Å². The zero-order valence-electron chi connectivity index (χ0n) is 14.4. The lowest BCUT2D eigenvalue weighted by molar-refractivity contribution is -0.384. The molecule has 0 aliphatic heterocycles. The van der Waals surface area contributed by atoms with Gasteiger partial charge in [-0.3, -0.25) is 14.9 Å². The maximum atomic E-state index is 12.5. The number of carbonyl (C=O) groups excluding carboxylic acids is 1. The van der Waals surface area contributed by atoms with Crippen molar-refractivity contribution in [1.82, 2.24) is 4.57 Å². The third-order valence-electron chi connectivity index (χ3n) is 4.11. The number of hydrogen-bond donors (Lipinski definition) is 0. The van der Waals surface area contributed by atoms with E-state index >= 15 is 0 Å². The normalized spacial score (nSPS) is 11.7. The zero-order valence-corrected chi connectivity index (χ0v) is 15.2. The number of fused-ring (bicyclic) bond motifs is 1. The maximum Gasteiger partial charge on any atom is 0.279 e. The average Bonchev–Trinajstić information content (AvgIpc) is 2.92. The lowest BCUT2D eigenvalue weighted by atomic mass is 10.1. The number of non-ortho nitro benzene ring substituents is 1. The van der Waals surface area contributed by atoms with Crippen LogP contribution in [0.4, 0.5) is 5.69 Å². The Morgan fingerprint density at radius 1 is 1.31 bits per heavy atom. The SMILES string of the molecule is C=CCn1c(=NC(=O)c2cccc([N+](=O)[O-])c2)sc2cc(C)c(C)cc21. The number of rotatable bonds is 4. The van der Waals surface area contributed by atoms with Crippen LogP contribution in [0.2, 0.25) is 0 Å². The Hall–Kier alpha value is -3.06. The average molecular weight is 367 g/mol. The molecule has 0 N–H and O–H groups in total. The molecule has 6 nitrogen and oxygen atoms in total. The van der Waals surface area contributed by atoms with Crippen molar-refractivity contribution < 1.29 is 9.72 Å². The van der Waals surface area contributed by atoms with Crippen molar-refractivity contribution in [1.29, 1.82) is 0 Å². The van der Waals surface area contributed by atoms with E-state index in [0.29, 0.717) is 11.3 Å². The molecule has 0 unspecified atom stereocenters. The van der Waals surface area contributed by atoms with Crippen LogP contribution in [0.5, 0.6) is 0 Å². The highest BCUT2D eigenvalue weighted by molar-refractivity contribution is 7.16. The summed E-state index contributed by atoms with van der Waals surface area (Å²) in [6.45, 7) is 8.37. The minimum absolute atomic E-state index is 0.132. The van der Waals surface area contributed by atoms with Gasteiger partial charge in [0.05, 0.1) is 15.1 Å². The number of amides is 1. The van der Waals surface area contributed by atoms with Crippen LogP contribution in [0.15, 0.2) is 54.0 Å². The highest BCUT2D eigenvalue weighted by Gasteiger charge is 2.13. The van der Waals surface area contributed by atoms with E-state index in [0.717, 1.165) is 15.8 Å². The molecule has 0 spiro atoms. The third-order valence-corrected chi connectivity index (χ3v) is 5.15. The second-order valence-corrected chi connectivity index (χ2v) is 6.92. The largest absolute Gasteiger partial charge is 0.312 e. The molecule has 0 saturated carbocycles. The van der Waals surface area contributed by atoms with Crippen molar-refractivity contribution >= 4 is 33.1 Å². The molecule has 132 valence electrons. The molecule has 0 fully saturated rings. The van der Waals surface area contributed by atoms with Crippen molar-refractivity contribution in [3.63, 3.8) is 0 Å². The standard InChI is InChI=1S/C19H17N3O3S/c1-4-8-21-16-9-12(2)13(3)10-17(16)26-19(21)20-18(23)14-6-5-7-15(11-14)22(24)25/h4-7,9-11H,1,8H2,2-3H3. The summed E-state index contributed by atoms with van der Waals surface area (Å²) >= 11 is 1.41. The predicted octanol–water partition coefficient (Wildman–Crippen LogP) is 4.15. The molecular formula is C19H17N3O3S. The summed E-state index contributed by atoms with van der Waals surface area (Å²) in [4.78, 5) is 27.7. The van der Waals surface area contributed by atoms with E-state index in [9.17, 15) is 14.9 Å². The van der Waals surface area contributed by atoms with Gasteiger partial charge in [0.15, 0.2) is 4.80 Å². The van der Waals surface area contributed by atoms with Gasteiger partial charge >= 0.3 is 0 Å². The first kappa shape index (κ1) is 17.8. The lowest BCUT2D eigenvalue weighted by Crippen LogP contribution is -2.16. The number of hydrogen-bond acceptors (Lipinski definition) is 4. The number of allylic oxidation sites excluding steroid dienone is 1. The van der Waals surface area contributed by atoms with Gasteiger partial charge in [-0.05, 0) is 43.2 Å². The molecule has 1 heterocycles. The molecule has 7 heteroatoms. The minimum Gasteiger partial charge on any atom is -0.312 e. The maximum absolute atomic E-state index is 12.5. The van der Waals surface area contributed by atoms with E-state index < -0.39 is 10.8 Å². The second kappa shape index (κ2) is 7.05. The molecule has 1 aromatic heterocycles. The molecule has 0 radical (unpaired) electrons. The highest BCUT2D eigenvalue weighted by atomic mass is 32.1. The van der Waals surface area contributed by atoms with Crippen LogP contribution in [0.3, 0.4) is 0 Å². The highest BCUT2D eigenvalue weighted by Crippen LogP contribution is 2.22. The van der Waals surface area contributed by atoms with Gasteiger partial charge in [-0.1, -0.05) is 23.5 Å². The molecule has 2 aromatic carbocycles. The van der Waals surface area contributed by atoms with Crippen molar-refractivity contribution in [3.8, 4) is 0 Å². The summed E-state index contributed by atoms with van der Waals surface area (Å²) in [5.41, 5.74) is 3.37. The van der Waals surface area contributed by atoms with Gasteiger partial charge in [0.2, 0.25) is 0 Å². The van der Waals surface area contributed by atoms with E-state index in [1.165, 1.54) is 41.2 Å². The molecule has 26 heavy (non-hydrogen) atoms. The van der Waals surface area contributed by atoms with Crippen LogP contribution < -0.4 is 4.80 Å². The van der Waals surface area contributed by atoms with Crippen molar-refractivity contribution in [2.75, 3.05) is 0 Å². The van der Waals surface area contributed by atoms with Crippen LogP contribution in [-0.2, 0) is 6.54 Å². The zero-order chi connectivity index (χ0) is 18.8. The van der Waals surface area contributed by atoms with Gasteiger partial charge in [-0.2, -0.15) is 4.99 Å². The van der Waals surface area contributed by atoms with Gasteiger partial charge in [0, 0.05) is 24.2 Å². The number of aromatic nitrogens is 1. The summed E-state index contributed by atoms with van der Waals surface area (Å²) in [6.07, 6.45) is 1.75. The Kier molecular flexibility index (Phi) is 4.81. The summed E-state index contributed by atoms with van der Waals surface area (Å²) in [5, 5.41) is 10.9. The molecule has 0 saturated heterocycles. The Balaban J connectivity index is 2.15. The smallest absolute Gasteiger partial charge is 0.279 e. The fourth-order valence-electron chi connectivity index (χ4n) is 2.62. The topological polar surface area (TPSA) is 77.5 Å². The number of nitro groups is 1. The van der Waals surface area contributed by atoms with Crippen LogP contribution in [0.1, 0.15) is 21.5 Å². The van der Waals surface area contributed by atoms with E-state index in [4.69, 9.17) is 0 Å². The van der Waals surface area contributed by atoms with E-state index in [1.807, 2.05) is 18.4 Å². The first-order valence-electron chi connectivity index (χ1n) is 7.95. The molecule has 0 atom stereocenters. The Bertz CT molecular complexity index is 1110. The molecule has 0 aliphatic carbocycles. The summed E-state index contributed by atoms with van der Waals surface area (Å²) < 4.78 is 2.95. The number of benzene rings is 2.